The van der Waals surface area contributed by atoms with Gasteiger partial charge in [-0.3, -0.25) is 0 Å². The second-order valence-electron chi connectivity index (χ2n) is 6.01. The van der Waals surface area contributed by atoms with Crippen molar-refractivity contribution in [2.45, 2.75) is 20.3 Å². The van der Waals surface area contributed by atoms with Crippen molar-refractivity contribution in [1.29, 1.82) is 0 Å². The highest BCUT2D eigenvalue weighted by molar-refractivity contribution is 5.86. The molecule has 2 aromatic carbocycles. The van der Waals surface area contributed by atoms with E-state index in [9.17, 15) is 4.79 Å². The third-order valence-electron chi connectivity index (χ3n) is 3.85. The van der Waals surface area contributed by atoms with Crippen molar-refractivity contribution >= 4 is 5.97 Å². The minimum absolute atomic E-state index is 0.00937. The monoisotopic (exact) mass is 358 g/mol. The first-order chi connectivity index (χ1) is 12.4. The molecule has 0 amide bonds. The van der Waals surface area contributed by atoms with E-state index >= 15 is 4.39 Å². The molecule has 1 N–H and O–H groups in total. The molecule has 0 saturated heterocycles. The van der Waals surface area contributed by atoms with Crippen LogP contribution in [0.4, 0.5) is 4.39 Å². The topological polar surface area (TPSA) is 55.8 Å². The first kappa shape index (κ1) is 19.7. The molecule has 138 valence electrons. The van der Waals surface area contributed by atoms with Crippen LogP contribution in [0.25, 0.3) is 11.1 Å². The Bertz CT molecular complexity index is 781. The Morgan fingerprint density at radius 2 is 1.85 bits per heavy atom. The van der Waals surface area contributed by atoms with Gasteiger partial charge in [0.15, 0.2) is 0 Å². The van der Waals surface area contributed by atoms with Crippen LogP contribution in [0.5, 0.6) is 5.75 Å². The lowest BCUT2D eigenvalue weighted by atomic mass is 9.99. The molecule has 0 bridgehead atoms. The van der Waals surface area contributed by atoms with Gasteiger partial charge in [0, 0.05) is 23.1 Å². The molecule has 0 spiro atoms. The van der Waals surface area contributed by atoms with Gasteiger partial charge in [0.2, 0.25) is 0 Å². The predicted molar refractivity (Wildman–Crippen MR) is 98.6 cm³/mol. The smallest absolute Gasteiger partial charge is 0.333 e. The van der Waals surface area contributed by atoms with Gasteiger partial charge in [0.25, 0.3) is 0 Å². The van der Waals surface area contributed by atoms with Crippen LogP contribution < -0.4 is 4.74 Å². The molecule has 0 radical (unpaired) electrons. The molecular formula is C21H23FO4. The van der Waals surface area contributed by atoms with Crippen LogP contribution in [0.15, 0.2) is 48.6 Å². The summed E-state index contributed by atoms with van der Waals surface area (Å²) in [6, 6.07) is 10.9. The van der Waals surface area contributed by atoms with Gasteiger partial charge in [-0.25, -0.2) is 9.18 Å². The third kappa shape index (κ3) is 4.92. The van der Waals surface area contributed by atoms with Gasteiger partial charge in [-0.2, -0.15) is 0 Å². The summed E-state index contributed by atoms with van der Waals surface area (Å²) in [6.07, 6.45) is 0.158. The Hall–Kier alpha value is -2.66. The average Bonchev–Trinajstić information content (AvgIpc) is 2.62. The van der Waals surface area contributed by atoms with E-state index in [1.165, 1.54) is 0 Å². The summed E-state index contributed by atoms with van der Waals surface area (Å²) >= 11 is 0. The number of esters is 1. The third-order valence-corrected chi connectivity index (χ3v) is 3.85. The molecule has 4 nitrogen and oxygen atoms in total. The number of ether oxygens (including phenoxy) is 2. The maximum atomic E-state index is 15.1. The zero-order valence-corrected chi connectivity index (χ0v) is 15.0. The molecule has 0 heterocycles. The molecule has 0 unspecified atom stereocenters. The van der Waals surface area contributed by atoms with Gasteiger partial charge >= 0.3 is 5.97 Å². The number of halogens is 1. The number of hydrogen-bond acceptors (Lipinski definition) is 4. The van der Waals surface area contributed by atoms with Gasteiger partial charge in [-0.05, 0) is 31.5 Å². The Labute approximate surface area is 152 Å². The van der Waals surface area contributed by atoms with Crippen molar-refractivity contribution in [2.24, 2.45) is 0 Å². The second kappa shape index (κ2) is 9.15. The van der Waals surface area contributed by atoms with Crippen molar-refractivity contribution in [2.75, 3.05) is 19.8 Å². The van der Waals surface area contributed by atoms with E-state index in [1.54, 1.807) is 19.1 Å². The fraction of sp³-hybridized carbons (Fsp3) is 0.286. The number of rotatable bonds is 8. The fourth-order valence-electron chi connectivity index (χ4n) is 2.45. The van der Waals surface area contributed by atoms with Crippen molar-refractivity contribution in [3.63, 3.8) is 0 Å². The van der Waals surface area contributed by atoms with Crippen molar-refractivity contribution < 1.29 is 23.8 Å². The summed E-state index contributed by atoms with van der Waals surface area (Å²) in [5.74, 6) is -0.604. The molecule has 0 aromatic heterocycles. The van der Waals surface area contributed by atoms with E-state index in [1.807, 2.05) is 31.2 Å². The molecule has 5 heteroatoms. The molecule has 0 atom stereocenters. The average molecular weight is 358 g/mol. The second-order valence-corrected chi connectivity index (χ2v) is 6.01. The van der Waals surface area contributed by atoms with Gasteiger partial charge in [-0.15, -0.1) is 0 Å². The zero-order valence-electron chi connectivity index (χ0n) is 15.0. The van der Waals surface area contributed by atoms with Crippen molar-refractivity contribution in [1.82, 2.24) is 0 Å². The maximum absolute atomic E-state index is 15.1. The van der Waals surface area contributed by atoms with Crippen molar-refractivity contribution in [3.05, 3.63) is 65.5 Å². The molecule has 0 saturated carbocycles. The van der Waals surface area contributed by atoms with E-state index in [4.69, 9.17) is 14.6 Å². The Morgan fingerprint density at radius 3 is 2.46 bits per heavy atom. The highest BCUT2D eigenvalue weighted by Gasteiger charge is 2.16. The lowest BCUT2D eigenvalue weighted by Gasteiger charge is -2.15. The van der Waals surface area contributed by atoms with Crippen LogP contribution in [0.3, 0.4) is 0 Å². The first-order valence-corrected chi connectivity index (χ1v) is 8.38. The lowest BCUT2D eigenvalue weighted by molar-refractivity contribution is -0.138. The van der Waals surface area contributed by atoms with Crippen LogP contribution in [-0.4, -0.2) is 30.9 Å². The summed E-state index contributed by atoms with van der Waals surface area (Å²) in [7, 11) is 0. The van der Waals surface area contributed by atoms with Gasteiger partial charge in [-0.1, -0.05) is 36.4 Å². The van der Waals surface area contributed by atoms with E-state index in [0.717, 1.165) is 11.1 Å². The minimum Gasteiger partial charge on any atom is -0.491 e. The van der Waals surface area contributed by atoms with Crippen LogP contribution in [-0.2, 0) is 16.0 Å². The molecule has 0 aliphatic rings. The summed E-state index contributed by atoms with van der Waals surface area (Å²) in [4.78, 5) is 11.5. The van der Waals surface area contributed by atoms with E-state index in [-0.39, 0.29) is 31.8 Å². The molecule has 2 rings (SSSR count). The first-order valence-electron chi connectivity index (χ1n) is 8.38. The molecule has 0 fully saturated rings. The highest BCUT2D eigenvalue weighted by atomic mass is 19.1. The molecule has 26 heavy (non-hydrogen) atoms. The van der Waals surface area contributed by atoms with Crippen LogP contribution >= 0.6 is 0 Å². The number of benzene rings is 2. The fourth-order valence-corrected chi connectivity index (χ4v) is 2.45. The molecule has 0 aliphatic heterocycles. The number of carbonyl (C=O) groups is 1. The Morgan fingerprint density at radius 1 is 1.15 bits per heavy atom. The Balaban J connectivity index is 2.31. The van der Waals surface area contributed by atoms with Crippen LogP contribution in [0.1, 0.15) is 18.1 Å². The van der Waals surface area contributed by atoms with Crippen LogP contribution in [0.2, 0.25) is 0 Å². The largest absolute Gasteiger partial charge is 0.491 e. The minimum atomic E-state index is -0.516. The summed E-state index contributed by atoms with van der Waals surface area (Å²) in [5, 5.41) is 8.96. The number of aryl methyl sites for hydroxylation is 1. The summed E-state index contributed by atoms with van der Waals surface area (Å²) < 4.78 is 25.6. The normalized spacial score (nSPS) is 10.5. The van der Waals surface area contributed by atoms with Crippen molar-refractivity contribution in [3.8, 4) is 16.9 Å². The predicted octanol–water partition coefficient (Wildman–Crippen LogP) is 3.83. The molecule has 0 aliphatic carbocycles. The SMILES string of the molecule is C=C(C)C(=O)OCCc1c(OCCO)ccc(-c2ccc(C)cc2)c1F. The van der Waals surface area contributed by atoms with E-state index in [0.29, 0.717) is 16.9 Å². The van der Waals surface area contributed by atoms with Gasteiger partial charge in [0.05, 0.1) is 13.2 Å². The number of hydrogen-bond donors (Lipinski definition) is 1. The zero-order chi connectivity index (χ0) is 19.1. The van der Waals surface area contributed by atoms with Crippen LogP contribution in [0, 0.1) is 12.7 Å². The summed E-state index contributed by atoms with van der Waals surface area (Å²) in [5.41, 5.74) is 2.88. The quantitative estimate of drug-likeness (QED) is 0.575. The standard InChI is InChI=1S/C21H23FO4/c1-14(2)21(24)26-12-10-18-19(25-13-11-23)9-8-17(20(18)22)16-6-4-15(3)5-7-16/h4-9,23H,1,10-13H2,2-3H3. The number of aliphatic hydroxyl groups is 1. The van der Waals surface area contributed by atoms with E-state index < -0.39 is 11.8 Å². The molecule has 2 aromatic rings. The Kier molecular flexibility index (Phi) is 6.92. The lowest BCUT2D eigenvalue weighted by Crippen LogP contribution is -2.11. The maximum Gasteiger partial charge on any atom is 0.333 e. The number of carbonyl (C=O) groups excluding carboxylic acids is 1. The van der Waals surface area contributed by atoms with Gasteiger partial charge < -0.3 is 14.6 Å². The number of aliphatic hydroxyl groups excluding tert-OH is 1. The molecular weight excluding hydrogens is 335 g/mol. The van der Waals surface area contributed by atoms with E-state index in [2.05, 4.69) is 6.58 Å². The van der Waals surface area contributed by atoms with Gasteiger partial charge in [0.1, 0.15) is 18.2 Å². The summed E-state index contributed by atoms with van der Waals surface area (Å²) in [6.45, 7) is 6.93. The highest BCUT2D eigenvalue weighted by Crippen LogP contribution is 2.31.